The summed E-state index contributed by atoms with van der Waals surface area (Å²) < 4.78 is 30.4. The van der Waals surface area contributed by atoms with Crippen molar-refractivity contribution in [2.75, 3.05) is 30.4 Å². The van der Waals surface area contributed by atoms with Gasteiger partial charge in [0.2, 0.25) is 10.0 Å². The molecule has 1 fully saturated rings. The van der Waals surface area contributed by atoms with Crippen LogP contribution in [0.5, 0.6) is 0 Å². The summed E-state index contributed by atoms with van der Waals surface area (Å²) in [6.07, 6.45) is -0.0348. The van der Waals surface area contributed by atoms with Crippen LogP contribution in [0.15, 0.2) is 0 Å². The van der Waals surface area contributed by atoms with Gasteiger partial charge in [-0.3, -0.25) is 4.79 Å². The molecular weight excluding hydrogens is 278 g/mol. The number of ether oxygens (including phenoxy) is 1. The van der Waals surface area contributed by atoms with Gasteiger partial charge in [-0.25, -0.2) is 8.42 Å². The zero-order valence-corrected chi connectivity index (χ0v) is 12.2. The summed E-state index contributed by atoms with van der Waals surface area (Å²) in [5.41, 5.74) is 0. The first-order chi connectivity index (χ1) is 8.34. The first-order valence-corrected chi connectivity index (χ1v) is 8.52. The van der Waals surface area contributed by atoms with Crippen molar-refractivity contribution in [1.82, 2.24) is 4.31 Å². The number of hydrogen-bond acceptors (Lipinski definition) is 5. The van der Waals surface area contributed by atoms with Crippen molar-refractivity contribution in [3.05, 3.63) is 0 Å². The summed E-state index contributed by atoms with van der Waals surface area (Å²) in [6, 6.07) is -0.951. The molecule has 0 amide bonds. The van der Waals surface area contributed by atoms with E-state index in [1.54, 1.807) is 0 Å². The number of carboxylic acid groups (broad SMARTS) is 1. The molecule has 1 atom stereocenters. The molecule has 1 aliphatic rings. The molecule has 0 spiro atoms. The number of carboxylic acids is 1. The van der Waals surface area contributed by atoms with Crippen LogP contribution < -0.4 is 0 Å². The Hall–Kier alpha value is -0.310. The van der Waals surface area contributed by atoms with Gasteiger partial charge in [0.05, 0.1) is 18.5 Å². The molecule has 18 heavy (non-hydrogen) atoms. The van der Waals surface area contributed by atoms with Gasteiger partial charge in [0.25, 0.3) is 0 Å². The van der Waals surface area contributed by atoms with Gasteiger partial charge in [-0.2, -0.15) is 16.1 Å². The number of aliphatic carboxylic acids is 1. The average Bonchev–Trinajstić information content (AvgIpc) is 2.28. The van der Waals surface area contributed by atoms with Gasteiger partial charge in [-0.05, 0) is 13.8 Å². The second-order valence-corrected chi connectivity index (χ2v) is 7.47. The van der Waals surface area contributed by atoms with Crippen molar-refractivity contribution >= 4 is 27.8 Å². The predicted molar refractivity (Wildman–Crippen MR) is 70.3 cm³/mol. The molecule has 0 aromatic rings. The summed E-state index contributed by atoms with van der Waals surface area (Å²) in [7, 11) is -3.56. The van der Waals surface area contributed by atoms with E-state index in [1.807, 2.05) is 13.8 Å². The molecule has 1 heterocycles. The molecule has 1 rings (SSSR count). The summed E-state index contributed by atoms with van der Waals surface area (Å²) in [5.74, 6) is -0.316. The van der Waals surface area contributed by atoms with Gasteiger partial charge in [-0.1, -0.05) is 0 Å². The second-order valence-electron chi connectivity index (χ2n) is 4.28. The Morgan fingerprint density at radius 2 is 2.22 bits per heavy atom. The highest BCUT2D eigenvalue weighted by molar-refractivity contribution is 7.99. The monoisotopic (exact) mass is 297 g/mol. The Bertz CT molecular complexity index is 382. The zero-order valence-electron chi connectivity index (χ0n) is 10.5. The summed E-state index contributed by atoms with van der Waals surface area (Å²) in [6.45, 7) is 4.00. The minimum absolute atomic E-state index is 0.0348. The fraction of sp³-hybridized carbons (Fsp3) is 0.900. The highest BCUT2D eigenvalue weighted by Gasteiger charge is 2.36. The van der Waals surface area contributed by atoms with E-state index in [1.165, 1.54) is 11.8 Å². The van der Waals surface area contributed by atoms with Crippen LogP contribution >= 0.6 is 11.8 Å². The maximum atomic E-state index is 12.1. The molecular formula is C10H19NO5S2. The number of nitrogens with zero attached hydrogens (tertiary/aromatic N) is 1. The largest absolute Gasteiger partial charge is 0.480 e. The lowest BCUT2D eigenvalue weighted by molar-refractivity contribution is -0.140. The summed E-state index contributed by atoms with van der Waals surface area (Å²) in [4.78, 5) is 11.0. The normalized spacial score (nSPS) is 22.3. The van der Waals surface area contributed by atoms with Crippen LogP contribution in [0.25, 0.3) is 0 Å². The number of carbonyl (C=O) groups is 1. The average molecular weight is 297 g/mol. The summed E-state index contributed by atoms with van der Waals surface area (Å²) >= 11 is 1.46. The first kappa shape index (κ1) is 15.7. The van der Waals surface area contributed by atoms with Crippen molar-refractivity contribution in [1.29, 1.82) is 0 Å². The van der Waals surface area contributed by atoms with Gasteiger partial charge in [0.15, 0.2) is 0 Å². The molecule has 0 aliphatic carbocycles. The molecule has 1 saturated heterocycles. The van der Waals surface area contributed by atoms with Gasteiger partial charge in [0.1, 0.15) is 6.04 Å². The minimum Gasteiger partial charge on any atom is -0.480 e. The molecule has 0 aromatic heterocycles. The van der Waals surface area contributed by atoms with Crippen LogP contribution in [0.1, 0.15) is 13.8 Å². The number of hydrogen-bond donors (Lipinski definition) is 1. The van der Waals surface area contributed by atoms with Crippen molar-refractivity contribution in [2.45, 2.75) is 26.0 Å². The fourth-order valence-electron chi connectivity index (χ4n) is 1.62. The van der Waals surface area contributed by atoms with Crippen molar-refractivity contribution in [2.24, 2.45) is 0 Å². The lowest BCUT2D eigenvalue weighted by Gasteiger charge is -2.31. The molecule has 0 bridgehead atoms. The van der Waals surface area contributed by atoms with E-state index in [0.717, 1.165) is 4.31 Å². The molecule has 1 unspecified atom stereocenters. The van der Waals surface area contributed by atoms with E-state index in [9.17, 15) is 13.2 Å². The third-order valence-electron chi connectivity index (χ3n) is 2.51. The highest BCUT2D eigenvalue weighted by atomic mass is 32.2. The third kappa shape index (κ3) is 4.42. The lowest BCUT2D eigenvalue weighted by atomic mass is 10.3. The van der Waals surface area contributed by atoms with Gasteiger partial charge in [0, 0.05) is 18.1 Å². The molecule has 1 N–H and O–H groups in total. The van der Waals surface area contributed by atoms with Crippen molar-refractivity contribution in [3.8, 4) is 0 Å². The van der Waals surface area contributed by atoms with Crippen LogP contribution in [0.3, 0.4) is 0 Å². The van der Waals surface area contributed by atoms with Gasteiger partial charge in [-0.15, -0.1) is 0 Å². The van der Waals surface area contributed by atoms with Crippen molar-refractivity contribution < 1.29 is 23.1 Å². The molecule has 0 radical (unpaired) electrons. The van der Waals surface area contributed by atoms with Crippen molar-refractivity contribution in [3.63, 3.8) is 0 Å². The minimum atomic E-state index is -3.56. The third-order valence-corrected chi connectivity index (χ3v) is 5.37. The van der Waals surface area contributed by atoms with E-state index in [2.05, 4.69) is 0 Å². The molecule has 0 saturated carbocycles. The van der Waals surface area contributed by atoms with Crippen LogP contribution in [-0.4, -0.2) is 66.4 Å². The smallest absolute Gasteiger partial charge is 0.322 e. The standard InChI is InChI=1S/C10H19NO5S2/c1-8(2)16-4-6-18(14,15)11-3-5-17-7-9(11)10(12)13/h8-9H,3-7H2,1-2H3,(H,12,13). The zero-order chi connectivity index (χ0) is 13.8. The van der Waals surface area contributed by atoms with E-state index in [-0.39, 0.29) is 25.0 Å². The van der Waals surface area contributed by atoms with Gasteiger partial charge >= 0.3 is 5.97 Å². The number of sulfonamides is 1. The Labute approximate surface area is 112 Å². The molecule has 1 aliphatic heterocycles. The maximum absolute atomic E-state index is 12.1. The number of rotatable bonds is 6. The first-order valence-electron chi connectivity index (χ1n) is 5.76. The van der Waals surface area contributed by atoms with Crippen LogP contribution in [0.2, 0.25) is 0 Å². The van der Waals surface area contributed by atoms with E-state index >= 15 is 0 Å². The topological polar surface area (TPSA) is 83.9 Å². The summed E-state index contributed by atoms with van der Waals surface area (Å²) in [5, 5.41) is 9.03. The maximum Gasteiger partial charge on any atom is 0.322 e. The lowest BCUT2D eigenvalue weighted by Crippen LogP contribution is -2.51. The Balaban J connectivity index is 2.66. The Morgan fingerprint density at radius 3 is 2.78 bits per heavy atom. The molecule has 0 aromatic carbocycles. The van der Waals surface area contributed by atoms with Gasteiger partial charge < -0.3 is 9.84 Å². The van der Waals surface area contributed by atoms with Crippen LogP contribution in [-0.2, 0) is 19.6 Å². The fourth-order valence-corrected chi connectivity index (χ4v) is 4.33. The highest BCUT2D eigenvalue weighted by Crippen LogP contribution is 2.20. The predicted octanol–water partition coefficient (Wildman–Crippen LogP) is 0.243. The van der Waals surface area contributed by atoms with Crippen LogP contribution in [0.4, 0.5) is 0 Å². The van der Waals surface area contributed by atoms with Crippen LogP contribution in [0, 0.1) is 0 Å². The molecule has 106 valence electrons. The second kappa shape index (κ2) is 6.74. The van der Waals surface area contributed by atoms with E-state index < -0.39 is 22.0 Å². The SMILES string of the molecule is CC(C)OCCS(=O)(=O)N1CCSCC1C(=O)O. The Kier molecular flexibility index (Phi) is 5.90. The molecule has 6 nitrogen and oxygen atoms in total. The quantitative estimate of drug-likeness (QED) is 0.756. The Morgan fingerprint density at radius 1 is 1.56 bits per heavy atom. The van der Waals surface area contributed by atoms with E-state index in [0.29, 0.717) is 11.5 Å². The number of thioether (sulfide) groups is 1. The molecule has 8 heteroatoms. The van der Waals surface area contributed by atoms with E-state index in [4.69, 9.17) is 9.84 Å².